The average molecular weight is 338 g/mol. The van der Waals surface area contributed by atoms with E-state index in [0.29, 0.717) is 24.8 Å². The summed E-state index contributed by atoms with van der Waals surface area (Å²) in [6, 6.07) is 1.83. The molecule has 0 aliphatic heterocycles. The van der Waals surface area contributed by atoms with Crippen molar-refractivity contribution in [1.82, 2.24) is 16.0 Å². The summed E-state index contributed by atoms with van der Waals surface area (Å²) < 4.78 is 5.49. The van der Waals surface area contributed by atoms with Crippen LogP contribution in [0.4, 0.5) is 0 Å². The predicted octanol–water partition coefficient (Wildman–Crippen LogP) is 1.19. The number of nitrogens with one attached hydrogen (secondary N) is 3. The first kappa shape index (κ1) is 20.0. The number of hydrogen-bond donors (Lipinski definition) is 4. The van der Waals surface area contributed by atoms with Crippen LogP contribution in [0.5, 0.6) is 0 Å². The lowest BCUT2D eigenvalue weighted by molar-refractivity contribution is -0.119. The monoisotopic (exact) mass is 338 g/mol. The Bertz CT molecular complexity index is 564. The van der Waals surface area contributed by atoms with Gasteiger partial charge in [0.2, 0.25) is 5.91 Å². The van der Waals surface area contributed by atoms with Crippen molar-refractivity contribution >= 4 is 11.9 Å². The van der Waals surface area contributed by atoms with E-state index < -0.39 is 5.60 Å². The van der Waals surface area contributed by atoms with Crippen LogP contribution in [-0.2, 0) is 10.4 Å². The van der Waals surface area contributed by atoms with Crippen molar-refractivity contribution in [3.8, 4) is 0 Å². The van der Waals surface area contributed by atoms with Crippen molar-refractivity contribution in [1.29, 1.82) is 0 Å². The maximum atomic E-state index is 11.6. The molecule has 4 N–H and O–H groups in total. The van der Waals surface area contributed by atoms with Crippen LogP contribution in [0.1, 0.15) is 44.3 Å². The van der Waals surface area contributed by atoms with E-state index in [0.717, 1.165) is 17.7 Å². The Labute approximate surface area is 143 Å². The molecule has 24 heavy (non-hydrogen) atoms. The minimum absolute atomic E-state index is 0.0430. The predicted molar refractivity (Wildman–Crippen MR) is 95.0 cm³/mol. The van der Waals surface area contributed by atoms with E-state index in [4.69, 9.17) is 4.42 Å². The Morgan fingerprint density at radius 1 is 1.29 bits per heavy atom. The smallest absolute Gasteiger partial charge is 0.241 e. The van der Waals surface area contributed by atoms with Gasteiger partial charge in [0.1, 0.15) is 23.7 Å². The van der Waals surface area contributed by atoms with Gasteiger partial charge in [-0.15, -0.1) is 0 Å². The van der Waals surface area contributed by atoms with Crippen LogP contribution in [0.15, 0.2) is 15.5 Å². The highest BCUT2D eigenvalue weighted by atomic mass is 16.3. The molecule has 7 heteroatoms. The lowest BCUT2D eigenvalue weighted by Crippen LogP contribution is -2.45. The van der Waals surface area contributed by atoms with Gasteiger partial charge in [-0.3, -0.25) is 4.79 Å². The number of rotatable bonds is 8. The van der Waals surface area contributed by atoms with Gasteiger partial charge < -0.3 is 25.5 Å². The van der Waals surface area contributed by atoms with Crippen LogP contribution < -0.4 is 16.0 Å². The Kier molecular flexibility index (Phi) is 7.78. The van der Waals surface area contributed by atoms with Gasteiger partial charge >= 0.3 is 0 Å². The third kappa shape index (κ3) is 6.23. The molecular formula is C17H30N4O3. The molecule has 7 nitrogen and oxygen atoms in total. The largest absolute Gasteiger partial charge is 0.466 e. The molecule has 1 atom stereocenters. The van der Waals surface area contributed by atoms with Crippen LogP contribution in [0.3, 0.4) is 0 Å². The van der Waals surface area contributed by atoms with E-state index in [-0.39, 0.29) is 19.0 Å². The van der Waals surface area contributed by atoms with Gasteiger partial charge in [0, 0.05) is 18.7 Å². The molecular weight excluding hydrogens is 308 g/mol. The lowest BCUT2D eigenvalue weighted by Gasteiger charge is -2.24. The molecule has 1 aromatic heterocycles. The summed E-state index contributed by atoms with van der Waals surface area (Å²) in [6.07, 6.45) is 0.889. The number of aliphatic hydroxyl groups is 1. The molecule has 0 fully saturated rings. The van der Waals surface area contributed by atoms with Crippen LogP contribution in [-0.4, -0.2) is 43.2 Å². The van der Waals surface area contributed by atoms with Gasteiger partial charge in [-0.25, -0.2) is 4.99 Å². The quantitative estimate of drug-likeness (QED) is 0.421. The molecule has 0 aliphatic carbocycles. The number of nitrogens with zero attached hydrogens (tertiary/aromatic N) is 1. The number of aryl methyl sites for hydroxylation is 2. The highest BCUT2D eigenvalue weighted by Crippen LogP contribution is 2.26. The third-order valence-corrected chi connectivity index (χ3v) is 3.52. The molecule has 1 amide bonds. The maximum Gasteiger partial charge on any atom is 0.241 e. The number of furan rings is 1. The Balaban J connectivity index is 2.67. The second kappa shape index (κ2) is 9.32. The van der Waals surface area contributed by atoms with Gasteiger partial charge in [-0.2, -0.15) is 0 Å². The van der Waals surface area contributed by atoms with Gasteiger partial charge in [0.05, 0.1) is 6.54 Å². The summed E-state index contributed by atoms with van der Waals surface area (Å²) in [5, 5.41) is 19.6. The zero-order valence-corrected chi connectivity index (χ0v) is 15.3. The number of hydrogen-bond acceptors (Lipinski definition) is 4. The number of aliphatic imine (C=N–C) groups is 1. The van der Waals surface area contributed by atoms with Crippen LogP contribution in [0.25, 0.3) is 0 Å². The standard InChI is InChI=1S/C17H30N4O3/c1-6-8-19-15(22)10-20-16(18-7-2)21-11-17(5,23)14-9-12(3)24-13(14)4/h9,23H,6-8,10-11H2,1-5H3,(H,19,22)(H2,18,20,21). The fourth-order valence-corrected chi connectivity index (χ4v) is 2.33. The molecule has 0 spiro atoms. The number of amides is 1. The summed E-state index contributed by atoms with van der Waals surface area (Å²) in [4.78, 5) is 15.9. The van der Waals surface area contributed by atoms with Crippen molar-refractivity contribution in [2.75, 3.05) is 26.2 Å². The molecule has 0 radical (unpaired) electrons. The molecule has 0 aromatic carbocycles. The van der Waals surface area contributed by atoms with Crippen molar-refractivity contribution in [3.63, 3.8) is 0 Å². The topological polar surface area (TPSA) is 98.9 Å². The summed E-state index contributed by atoms with van der Waals surface area (Å²) in [5.74, 6) is 1.82. The molecule has 0 saturated carbocycles. The molecule has 1 unspecified atom stereocenters. The number of carbonyl (C=O) groups excluding carboxylic acids is 1. The Morgan fingerprint density at radius 3 is 2.54 bits per heavy atom. The maximum absolute atomic E-state index is 11.6. The second-order valence-electron chi connectivity index (χ2n) is 6.00. The van der Waals surface area contributed by atoms with Gasteiger partial charge in [-0.1, -0.05) is 6.92 Å². The highest BCUT2D eigenvalue weighted by molar-refractivity contribution is 5.84. The SMILES string of the molecule is CCCNC(=O)CN=C(NCC)NCC(C)(O)c1cc(C)oc1C. The molecule has 0 aliphatic rings. The van der Waals surface area contributed by atoms with E-state index in [1.807, 2.05) is 33.8 Å². The summed E-state index contributed by atoms with van der Waals surface area (Å²) >= 11 is 0. The molecule has 1 aromatic rings. The summed E-state index contributed by atoms with van der Waals surface area (Å²) in [5.41, 5.74) is -0.369. The van der Waals surface area contributed by atoms with Crippen molar-refractivity contribution < 1.29 is 14.3 Å². The van der Waals surface area contributed by atoms with E-state index >= 15 is 0 Å². The van der Waals surface area contributed by atoms with E-state index in [2.05, 4.69) is 20.9 Å². The first-order valence-corrected chi connectivity index (χ1v) is 8.39. The van der Waals surface area contributed by atoms with Gasteiger partial charge in [0.25, 0.3) is 0 Å². The van der Waals surface area contributed by atoms with Crippen molar-refractivity contribution in [3.05, 3.63) is 23.2 Å². The van der Waals surface area contributed by atoms with Crippen LogP contribution in [0.2, 0.25) is 0 Å². The Hall–Kier alpha value is -2.02. The molecule has 1 heterocycles. The zero-order valence-electron chi connectivity index (χ0n) is 15.3. The van der Waals surface area contributed by atoms with E-state index in [1.54, 1.807) is 6.92 Å². The lowest BCUT2D eigenvalue weighted by atomic mass is 9.96. The van der Waals surface area contributed by atoms with Crippen molar-refractivity contribution in [2.24, 2.45) is 4.99 Å². The zero-order chi connectivity index (χ0) is 18.2. The minimum Gasteiger partial charge on any atom is -0.466 e. The fourth-order valence-electron chi connectivity index (χ4n) is 2.33. The fraction of sp³-hybridized carbons (Fsp3) is 0.647. The van der Waals surface area contributed by atoms with E-state index in [9.17, 15) is 9.90 Å². The van der Waals surface area contributed by atoms with Crippen LogP contribution in [0, 0.1) is 13.8 Å². The summed E-state index contributed by atoms with van der Waals surface area (Å²) in [7, 11) is 0. The minimum atomic E-state index is -1.11. The van der Waals surface area contributed by atoms with Crippen LogP contribution >= 0.6 is 0 Å². The first-order valence-electron chi connectivity index (χ1n) is 8.39. The van der Waals surface area contributed by atoms with Crippen molar-refractivity contribution in [2.45, 2.75) is 46.6 Å². The number of carbonyl (C=O) groups is 1. The highest BCUT2D eigenvalue weighted by Gasteiger charge is 2.27. The molecule has 1 rings (SSSR count). The third-order valence-electron chi connectivity index (χ3n) is 3.52. The first-order chi connectivity index (χ1) is 11.3. The Morgan fingerprint density at radius 2 is 2.00 bits per heavy atom. The van der Waals surface area contributed by atoms with Gasteiger partial charge in [0.15, 0.2) is 5.96 Å². The van der Waals surface area contributed by atoms with E-state index in [1.165, 1.54) is 0 Å². The average Bonchev–Trinajstić information content (AvgIpc) is 2.87. The molecule has 0 saturated heterocycles. The normalized spacial score (nSPS) is 14.2. The second-order valence-corrected chi connectivity index (χ2v) is 6.00. The molecule has 0 bridgehead atoms. The van der Waals surface area contributed by atoms with Gasteiger partial charge in [-0.05, 0) is 40.2 Å². The summed E-state index contributed by atoms with van der Waals surface area (Å²) in [6.45, 7) is 10.9. The number of guanidine groups is 1. The molecule has 136 valence electrons.